The van der Waals surface area contributed by atoms with Gasteiger partial charge in [0.25, 0.3) is 5.91 Å². The summed E-state index contributed by atoms with van der Waals surface area (Å²) in [4.78, 5) is 31.7. The minimum atomic E-state index is -0.112. The molecule has 1 saturated heterocycles. The van der Waals surface area contributed by atoms with Gasteiger partial charge in [0, 0.05) is 26.1 Å². The van der Waals surface area contributed by atoms with Crippen LogP contribution in [0.1, 0.15) is 36.2 Å². The molecule has 0 saturated carbocycles. The predicted octanol–water partition coefficient (Wildman–Crippen LogP) is 3.42. The summed E-state index contributed by atoms with van der Waals surface area (Å²) in [6, 6.07) is 13.9. The molecule has 0 radical (unpaired) electrons. The summed E-state index contributed by atoms with van der Waals surface area (Å²) in [5.74, 6) is 1.68. The van der Waals surface area contributed by atoms with Crippen molar-refractivity contribution in [2.24, 2.45) is 0 Å². The maximum Gasteiger partial charge on any atom is 0.257 e. The minimum Gasteiger partial charge on any atom is -0.483 e. The first kappa shape index (κ1) is 25.7. The third-order valence-corrected chi connectivity index (χ3v) is 6.49. The first-order valence-corrected chi connectivity index (χ1v) is 12.8. The number of fused-ring (bicyclic) bond motifs is 1. The van der Waals surface area contributed by atoms with Gasteiger partial charge in [0.15, 0.2) is 6.61 Å². The molecule has 2 heterocycles. The number of rotatable bonds is 11. The van der Waals surface area contributed by atoms with Crippen molar-refractivity contribution in [2.75, 3.05) is 39.5 Å². The van der Waals surface area contributed by atoms with E-state index >= 15 is 0 Å². The zero-order valence-corrected chi connectivity index (χ0v) is 21.3. The summed E-state index contributed by atoms with van der Waals surface area (Å²) in [5.41, 5.74) is 4.03. The van der Waals surface area contributed by atoms with Crippen molar-refractivity contribution in [3.63, 3.8) is 0 Å². The second kappa shape index (κ2) is 12.5. The number of para-hydroxylation sites is 2. The van der Waals surface area contributed by atoms with Crippen LogP contribution in [-0.4, -0.2) is 65.7 Å². The Hall–Kier alpha value is -3.39. The van der Waals surface area contributed by atoms with Crippen molar-refractivity contribution in [3.8, 4) is 5.75 Å². The average molecular weight is 493 g/mol. The van der Waals surface area contributed by atoms with E-state index in [1.807, 2.05) is 61.2 Å². The van der Waals surface area contributed by atoms with Crippen LogP contribution >= 0.6 is 0 Å². The van der Waals surface area contributed by atoms with Gasteiger partial charge >= 0.3 is 0 Å². The Morgan fingerprint density at radius 2 is 1.86 bits per heavy atom. The number of aryl methyl sites for hydroxylation is 3. The number of morpholine rings is 1. The Bertz CT molecular complexity index is 1180. The molecule has 36 heavy (non-hydrogen) atoms. The molecule has 0 bridgehead atoms. The minimum absolute atomic E-state index is 0.0193. The first-order valence-electron chi connectivity index (χ1n) is 12.8. The van der Waals surface area contributed by atoms with Gasteiger partial charge in [-0.2, -0.15) is 0 Å². The number of hydrogen-bond acceptors (Lipinski definition) is 5. The number of nitrogens with one attached hydrogen (secondary N) is 1. The second-order valence-corrected chi connectivity index (χ2v) is 9.31. The highest BCUT2D eigenvalue weighted by atomic mass is 16.5. The maximum absolute atomic E-state index is 12.9. The number of hydrogen-bond donors (Lipinski definition) is 1. The molecule has 2 amide bonds. The first-order chi connectivity index (χ1) is 17.5. The van der Waals surface area contributed by atoms with Crippen LogP contribution in [0.5, 0.6) is 5.75 Å². The SMILES string of the molecule is Cc1ccc(C)c(OCC(=O)NCCCCCc2nc3ccccc3n2CC(=O)N2CCOCC2)c1. The number of nitrogens with zero attached hydrogens (tertiary/aromatic N) is 3. The van der Waals surface area contributed by atoms with Crippen molar-refractivity contribution in [1.29, 1.82) is 0 Å². The lowest BCUT2D eigenvalue weighted by Gasteiger charge is -2.27. The summed E-state index contributed by atoms with van der Waals surface area (Å²) < 4.78 is 13.1. The summed E-state index contributed by atoms with van der Waals surface area (Å²) in [5, 5.41) is 2.94. The summed E-state index contributed by atoms with van der Waals surface area (Å²) in [7, 11) is 0. The van der Waals surface area contributed by atoms with Crippen molar-refractivity contribution in [2.45, 2.75) is 46.1 Å². The number of benzene rings is 2. The number of aromatic nitrogens is 2. The van der Waals surface area contributed by atoms with E-state index in [9.17, 15) is 9.59 Å². The van der Waals surface area contributed by atoms with Gasteiger partial charge in [0.1, 0.15) is 18.1 Å². The zero-order valence-electron chi connectivity index (χ0n) is 21.3. The topological polar surface area (TPSA) is 85.7 Å². The van der Waals surface area contributed by atoms with E-state index in [1.165, 1.54) is 0 Å². The highest BCUT2D eigenvalue weighted by molar-refractivity contribution is 5.81. The molecule has 1 fully saturated rings. The molecule has 0 spiro atoms. The summed E-state index contributed by atoms with van der Waals surface area (Å²) >= 11 is 0. The van der Waals surface area contributed by atoms with E-state index < -0.39 is 0 Å². The fourth-order valence-electron chi connectivity index (χ4n) is 4.41. The number of carbonyl (C=O) groups is 2. The van der Waals surface area contributed by atoms with E-state index in [4.69, 9.17) is 14.5 Å². The number of carbonyl (C=O) groups excluding carboxylic acids is 2. The van der Waals surface area contributed by atoms with Gasteiger partial charge in [-0.1, -0.05) is 30.7 Å². The molecule has 8 nitrogen and oxygen atoms in total. The lowest BCUT2D eigenvalue weighted by molar-refractivity contribution is -0.135. The van der Waals surface area contributed by atoms with Crippen molar-refractivity contribution in [1.82, 2.24) is 19.8 Å². The van der Waals surface area contributed by atoms with E-state index in [1.54, 1.807) is 0 Å². The Kier molecular flexibility index (Phi) is 8.95. The van der Waals surface area contributed by atoms with E-state index in [2.05, 4.69) is 9.88 Å². The number of ether oxygens (including phenoxy) is 2. The number of amides is 2. The quantitative estimate of drug-likeness (QED) is 0.415. The van der Waals surface area contributed by atoms with Gasteiger partial charge in [-0.05, 0) is 56.0 Å². The monoisotopic (exact) mass is 492 g/mol. The van der Waals surface area contributed by atoms with E-state index in [0.29, 0.717) is 39.4 Å². The number of unbranched alkanes of at least 4 members (excludes halogenated alkanes) is 2. The standard InChI is InChI=1S/C28H36N4O4/c1-21-11-12-22(2)25(18-21)36-20-27(33)29-13-7-3-4-10-26-30-23-8-5-6-9-24(23)32(26)19-28(34)31-14-16-35-17-15-31/h5-6,8-9,11-12,18H,3-4,7,10,13-17,19-20H2,1-2H3,(H,29,33). The van der Waals surface area contributed by atoms with Crippen LogP contribution < -0.4 is 10.1 Å². The molecule has 2 aromatic carbocycles. The van der Waals surface area contributed by atoms with E-state index in [0.717, 1.165) is 59.4 Å². The van der Waals surface area contributed by atoms with Crippen LogP contribution in [0.2, 0.25) is 0 Å². The molecule has 1 N–H and O–H groups in total. The van der Waals surface area contributed by atoms with Gasteiger partial charge in [-0.15, -0.1) is 0 Å². The normalized spacial score (nSPS) is 13.7. The highest BCUT2D eigenvalue weighted by Crippen LogP contribution is 2.20. The maximum atomic E-state index is 12.9. The zero-order chi connectivity index (χ0) is 25.3. The average Bonchev–Trinajstić information content (AvgIpc) is 3.24. The molecule has 1 aliphatic heterocycles. The van der Waals surface area contributed by atoms with Crippen LogP contribution in [0.4, 0.5) is 0 Å². The van der Waals surface area contributed by atoms with Gasteiger partial charge in [0.2, 0.25) is 5.91 Å². The second-order valence-electron chi connectivity index (χ2n) is 9.31. The molecule has 3 aromatic rings. The molecule has 192 valence electrons. The van der Waals surface area contributed by atoms with Crippen LogP contribution in [-0.2, 0) is 27.3 Å². The Morgan fingerprint density at radius 3 is 2.69 bits per heavy atom. The Labute approximate surface area is 212 Å². The van der Waals surface area contributed by atoms with Crippen LogP contribution in [0.25, 0.3) is 11.0 Å². The van der Waals surface area contributed by atoms with Crippen molar-refractivity contribution < 1.29 is 19.1 Å². The molecule has 1 aliphatic rings. The largest absolute Gasteiger partial charge is 0.483 e. The Morgan fingerprint density at radius 1 is 1.06 bits per heavy atom. The molecular weight excluding hydrogens is 456 g/mol. The van der Waals surface area contributed by atoms with Crippen LogP contribution in [0, 0.1) is 13.8 Å². The molecule has 0 unspecified atom stereocenters. The Balaban J connectivity index is 1.22. The smallest absolute Gasteiger partial charge is 0.257 e. The van der Waals surface area contributed by atoms with Crippen molar-refractivity contribution >= 4 is 22.8 Å². The predicted molar refractivity (Wildman–Crippen MR) is 139 cm³/mol. The summed E-state index contributed by atoms with van der Waals surface area (Å²) in [6.07, 6.45) is 3.56. The molecule has 0 atom stereocenters. The molecule has 8 heteroatoms. The van der Waals surface area contributed by atoms with Gasteiger partial charge in [0.05, 0.1) is 24.2 Å². The van der Waals surface area contributed by atoms with Gasteiger partial charge in [-0.3, -0.25) is 9.59 Å². The molecule has 0 aliphatic carbocycles. The molecule has 1 aromatic heterocycles. The van der Waals surface area contributed by atoms with Crippen molar-refractivity contribution in [3.05, 3.63) is 59.4 Å². The molecular formula is C28H36N4O4. The fourth-order valence-corrected chi connectivity index (χ4v) is 4.41. The highest BCUT2D eigenvalue weighted by Gasteiger charge is 2.20. The third-order valence-electron chi connectivity index (χ3n) is 6.49. The third kappa shape index (κ3) is 6.85. The van der Waals surface area contributed by atoms with E-state index in [-0.39, 0.29) is 18.4 Å². The lowest BCUT2D eigenvalue weighted by Crippen LogP contribution is -2.42. The summed E-state index contributed by atoms with van der Waals surface area (Å²) in [6.45, 7) is 7.38. The lowest BCUT2D eigenvalue weighted by atomic mass is 10.1. The molecule has 4 rings (SSSR count). The van der Waals surface area contributed by atoms with Crippen LogP contribution in [0.15, 0.2) is 42.5 Å². The van der Waals surface area contributed by atoms with Crippen LogP contribution in [0.3, 0.4) is 0 Å². The van der Waals surface area contributed by atoms with Gasteiger partial charge < -0.3 is 24.3 Å². The van der Waals surface area contributed by atoms with Gasteiger partial charge in [-0.25, -0.2) is 4.98 Å². The number of imidazole rings is 1. The fraction of sp³-hybridized carbons (Fsp3) is 0.464.